The number of aromatic nitrogens is 1. The molecule has 1 aromatic heterocycles. The number of allylic oxidation sites excluding steroid dienone is 3. The van der Waals surface area contributed by atoms with E-state index in [4.69, 9.17) is 0 Å². The van der Waals surface area contributed by atoms with Crippen molar-refractivity contribution in [2.45, 2.75) is 40.0 Å². The molecular formula is C21H24N2O. The molecule has 3 rings (SSSR count). The van der Waals surface area contributed by atoms with Gasteiger partial charge in [-0.2, -0.15) is 0 Å². The number of hydrogen-bond acceptors (Lipinski definition) is 2. The Hall–Kier alpha value is -2.42. The molecule has 3 nitrogen and oxygen atoms in total. The highest BCUT2D eigenvalue weighted by Gasteiger charge is 2.26. The van der Waals surface area contributed by atoms with Gasteiger partial charge in [-0.1, -0.05) is 43.7 Å². The molecule has 0 aliphatic heterocycles. The third-order valence-corrected chi connectivity index (χ3v) is 4.80. The van der Waals surface area contributed by atoms with Crippen LogP contribution in [-0.4, -0.2) is 10.9 Å². The Morgan fingerprint density at radius 3 is 2.88 bits per heavy atom. The van der Waals surface area contributed by atoms with E-state index in [2.05, 4.69) is 31.1 Å². The predicted molar refractivity (Wildman–Crippen MR) is 99.8 cm³/mol. The molecular weight excluding hydrogens is 296 g/mol. The normalized spacial score (nSPS) is 17.5. The maximum absolute atomic E-state index is 12.3. The van der Waals surface area contributed by atoms with E-state index in [0.717, 1.165) is 23.0 Å². The van der Waals surface area contributed by atoms with Crippen LogP contribution in [0.3, 0.4) is 0 Å². The highest BCUT2D eigenvalue weighted by molar-refractivity contribution is 6.00. The Bertz CT molecular complexity index is 831. The fourth-order valence-corrected chi connectivity index (χ4v) is 3.49. The molecule has 0 saturated carbocycles. The molecule has 1 aromatic carbocycles. The maximum atomic E-state index is 12.3. The zero-order valence-corrected chi connectivity index (χ0v) is 14.6. The van der Waals surface area contributed by atoms with Gasteiger partial charge in [0.05, 0.1) is 17.4 Å². The number of nitrogens with one attached hydrogen (secondary N) is 1. The molecule has 1 heterocycles. The highest BCUT2D eigenvalue weighted by atomic mass is 16.1. The van der Waals surface area contributed by atoms with Gasteiger partial charge < -0.3 is 5.32 Å². The van der Waals surface area contributed by atoms with Gasteiger partial charge in [-0.15, -0.1) is 0 Å². The summed E-state index contributed by atoms with van der Waals surface area (Å²) in [5.74, 6) is -0.117. The van der Waals surface area contributed by atoms with Crippen molar-refractivity contribution < 1.29 is 4.79 Å². The summed E-state index contributed by atoms with van der Waals surface area (Å²) < 4.78 is 0. The lowest BCUT2D eigenvalue weighted by molar-refractivity contribution is -0.111. The van der Waals surface area contributed by atoms with Gasteiger partial charge in [0.15, 0.2) is 0 Å². The number of anilines is 1. The van der Waals surface area contributed by atoms with Crippen LogP contribution in [0.5, 0.6) is 0 Å². The van der Waals surface area contributed by atoms with E-state index in [9.17, 15) is 4.79 Å². The van der Waals surface area contributed by atoms with Gasteiger partial charge in [0.2, 0.25) is 5.91 Å². The second kappa shape index (κ2) is 6.60. The van der Waals surface area contributed by atoms with E-state index in [0.29, 0.717) is 0 Å². The lowest BCUT2D eigenvalue weighted by atomic mass is 9.72. The first kappa shape index (κ1) is 16.4. The molecule has 3 heteroatoms. The summed E-state index contributed by atoms with van der Waals surface area (Å²) in [6.45, 7) is 6.67. The van der Waals surface area contributed by atoms with Crippen molar-refractivity contribution in [2.24, 2.45) is 5.41 Å². The van der Waals surface area contributed by atoms with Crippen LogP contribution in [-0.2, 0) is 4.79 Å². The number of nitrogens with zero attached hydrogens (tertiary/aromatic N) is 1. The van der Waals surface area contributed by atoms with E-state index in [1.807, 2.05) is 36.4 Å². The third kappa shape index (κ3) is 3.56. The molecule has 0 radical (unpaired) electrons. The SMILES string of the molecule is CC1=C(/C=C/C(=O)Nc2cnc3ccccc3c2)C(C)(C)CCC1. The molecule has 0 saturated heterocycles. The molecule has 124 valence electrons. The van der Waals surface area contributed by atoms with E-state index in [-0.39, 0.29) is 11.3 Å². The summed E-state index contributed by atoms with van der Waals surface area (Å²) >= 11 is 0. The fraction of sp³-hybridized carbons (Fsp3) is 0.333. The lowest BCUT2D eigenvalue weighted by Gasteiger charge is -2.32. The van der Waals surface area contributed by atoms with Crippen LogP contribution in [0.1, 0.15) is 40.0 Å². The first-order valence-corrected chi connectivity index (χ1v) is 8.50. The van der Waals surface area contributed by atoms with Gasteiger partial charge in [-0.3, -0.25) is 9.78 Å². The first-order chi connectivity index (χ1) is 11.5. The monoisotopic (exact) mass is 320 g/mol. The summed E-state index contributed by atoms with van der Waals surface area (Å²) in [5.41, 5.74) is 4.47. The summed E-state index contributed by atoms with van der Waals surface area (Å²) in [6.07, 6.45) is 8.84. The second-order valence-electron chi connectivity index (χ2n) is 7.17. The number of rotatable bonds is 3. The first-order valence-electron chi connectivity index (χ1n) is 8.50. The topological polar surface area (TPSA) is 42.0 Å². The van der Waals surface area contributed by atoms with Crippen molar-refractivity contribution >= 4 is 22.5 Å². The average Bonchev–Trinajstić information content (AvgIpc) is 2.53. The third-order valence-electron chi connectivity index (χ3n) is 4.80. The molecule has 1 amide bonds. The molecule has 0 unspecified atom stereocenters. The molecule has 0 bridgehead atoms. The van der Waals surface area contributed by atoms with E-state index in [1.54, 1.807) is 12.3 Å². The smallest absolute Gasteiger partial charge is 0.248 e. The number of benzene rings is 1. The van der Waals surface area contributed by atoms with Crippen molar-refractivity contribution in [3.8, 4) is 0 Å². The summed E-state index contributed by atoms with van der Waals surface area (Å²) in [6, 6.07) is 9.82. The van der Waals surface area contributed by atoms with E-state index < -0.39 is 0 Å². The van der Waals surface area contributed by atoms with Crippen LogP contribution in [0.25, 0.3) is 10.9 Å². The standard InChI is InChI=1S/C21H24N2O/c1-15-7-6-12-21(2,3)18(15)10-11-20(24)23-17-13-16-8-4-5-9-19(16)22-14-17/h4-5,8-11,13-14H,6-7,12H2,1-3H3,(H,23,24)/b11-10+. The summed E-state index contributed by atoms with van der Waals surface area (Å²) in [5, 5.41) is 3.92. The van der Waals surface area contributed by atoms with Crippen molar-refractivity contribution in [2.75, 3.05) is 5.32 Å². The van der Waals surface area contributed by atoms with Gasteiger partial charge in [-0.25, -0.2) is 0 Å². The average molecular weight is 320 g/mol. The Balaban J connectivity index is 1.74. The van der Waals surface area contributed by atoms with E-state index in [1.165, 1.54) is 24.0 Å². The van der Waals surface area contributed by atoms with Gasteiger partial charge in [0, 0.05) is 11.5 Å². The van der Waals surface area contributed by atoms with Crippen molar-refractivity contribution in [3.05, 3.63) is 59.8 Å². The summed E-state index contributed by atoms with van der Waals surface area (Å²) in [7, 11) is 0. The number of amides is 1. The molecule has 0 atom stereocenters. The molecule has 0 fully saturated rings. The van der Waals surface area contributed by atoms with Crippen molar-refractivity contribution in [1.82, 2.24) is 4.98 Å². The molecule has 1 aliphatic rings. The second-order valence-corrected chi connectivity index (χ2v) is 7.17. The molecule has 1 N–H and O–H groups in total. The minimum atomic E-state index is -0.117. The van der Waals surface area contributed by atoms with Crippen LogP contribution in [0.15, 0.2) is 59.8 Å². The van der Waals surface area contributed by atoms with Gasteiger partial charge in [0.1, 0.15) is 0 Å². The largest absolute Gasteiger partial charge is 0.321 e. The Morgan fingerprint density at radius 2 is 2.08 bits per heavy atom. The predicted octanol–water partition coefficient (Wildman–Crippen LogP) is 5.26. The Labute approximate surface area is 143 Å². The van der Waals surface area contributed by atoms with Gasteiger partial charge in [-0.05, 0) is 49.3 Å². The van der Waals surface area contributed by atoms with Crippen LogP contribution >= 0.6 is 0 Å². The molecule has 2 aromatic rings. The van der Waals surface area contributed by atoms with Crippen LogP contribution < -0.4 is 5.32 Å². The van der Waals surface area contributed by atoms with Gasteiger partial charge >= 0.3 is 0 Å². The molecule has 24 heavy (non-hydrogen) atoms. The Morgan fingerprint density at radius 1 is 1.29 bits per heavy atom. The number of para-hydroxylation sites is 1. The van der Waals surface area contributed by atoms with Crippen LogP contribution in [0.4, 0.5) is 5.69 Å². The van der Waals surface area contributed by atoms with E-state index >= 15 is 0 Å². The highest BCUT2D eigenvalue weighted by Crippen LogP contribution is 2.40. The molecule has 0 spiro atoms. The van der Waals surface area contributed by atoms with Crippen molar-refractivity contribution in [3.63, 3.8) is 0 Å². The number of carbonyl (C=O) groups is 1. The quantitative estimate of drug-likeness (QED) is 0.784. The zero-order chi connectivity index (χ0) is 17.2. The minimum Gasteiger partial charge on any atom is -0.321 e. The zero-order valence-electron chi connectivity index (χ0n) is 14.6. The Kier molecular flexibility index (Phi) is 4.52. The molecule has 1 aliphatic carbocycles. The number of pyridine rings is 1. The maximum Gasteiger partial charge on any atom is 0.248 e. The van der Waals surface area contributed by atoms with Gasteiger partial charge in [0.25, 0.3) is 0 Å². The number of carbonyl (C=O) groups excluding carboxylic acids is 1. The van der Waals surface area contributed by atoms with Crippen LogP contribution in [0.2, 0.25) is 0 Å². The summed E-state index contributed by atoms with van der Waals surface area (Å²) in [4.78, 5) is 16.6. The minimum absolute atomic E-state index is 0.117. The number of fused-ring (bicyclic) bond motifs is 1. The number of hydrogen-bond donors (Lipinski definition) is 1. The fourth-order valence-electron chi connectivity index (χ4n) is 3.49. The van der Waals surface area contributed by atoms with Crippen LogP contribution in [0, 0.1) is 5.41 Å². The van der Waals surface area contributed by atoms with Crippen molar-refractivity contribution in [1.29, 1.82) is 0 Å². The lowest BCUT2D eigenvalue weighted by Crippen LogP contribution is -2.19.